The molecule has 1 saturated heterocycles. The monoisotopic (exact) mass is 371 g/mol. The highest BCUT2D eigenvalue weighted by Crippen LogP contribution is 2.39. The normalized spacial score (nSPS) is 20.7. The average Bonchev–Trinajstić information content (AvgIpc) is 3.29. The van der Waals surface area contributed by atoms with Gasteiger partial charge in [-0.2, -0.15) is 0 Å². The van der Waals surface area contributed by atoms with Crippen LogP contribution >= 0.6 is 0 Å². The number of carbonyl (C=O) groups excluding carboxylic acids is 1. The first-order valence-corrected chi connectivity index (χ1v) is 8.66. The molecule has 2 heterocycles. The molecule has 0 aliphatic carbocycles. The van der Waals surface area contributed by atoms with E-state index in [-0.39, 0.29) is 38.1 Å². The number of carbonyl (C=O) groups is 2. The van der Waals surface area contributed by atoms with Gasteiger partial charge < -0.3 is 19.5 Å². The van der Waals surface area contributed by atoms with Crippen molar-refractivity contribution in [2.24, 2.45) is 5.92 Å². The summed E-state index contributed by atoms with van der Waals surface area (Å²) in [6.45, 7) is 0.505. The Morgan fingerprint density at radius 2 is 1.89 bits per heavy atom. The Morgan fingerprint density at radius 3 is 2.67 bits per heavy atom. The number of carboxylic acid groups (broad SMARTS) is 1. The van der Waals surface area contributed by atoms with E-state index in [1.54, 1.807) is 36.4 Å². The van der Waals surface area contributed by atoms with E-state index in [2.05, 4.69) is 0 Å². The average molecular weight is 371 g/mol. The topological polar surface area (TPSA) is 76.1 Å². The van der Waals surface area contributed by atoms with Crippen molar-refractivity contribution >= 4 is 11.9 Å². The van der Waals surface area contributed by atoms with Crippen molar-refractivity contribution < 1.29 is 28.6 Å². The summed E-state index contributed by atoms with van der Waals surface area (Å²) in [4.78, 5) is 25.9. The first-order chi connectivity index (χ1) is 13.0. The minimum absolute atomic E-state index is 0.0904. The van der Waals surface area contributed by atoms with Crippen molar-refractivity contribution in [3.63, 3.8) is 0 Å². The zero-order valence-electron chi connectivity index (χ0n) is 14.4. The molecule has 0 unspecified atom stereocenters. The predicted octanol–water partition coefficient (Wildman–Crippen LogP) is 2.42. The van der Waals surface area contributed by atoms with Crippen LogP contribution in [0.15, 0.2) is 42.5 Å². The third kappa shape index (κ3) is 3.32. The number of amides is 1. The highest BCUT2D eigenvalue weighted by Gasteiger charge is 2.40. The van der Waals surface area contributed by atoms with Crippen molar-refractivity contribution in [2.45, 2.75) is 12.3 Å². The molecule has 0 spiro atoms. The number of nitrogens with zero attached hydrogens (tertiary/aromatic N) is 1. The number of fused-ring (bicyclic) bond motifs is 1. The number of aliphatic carboxylic acids is 1. The van der Waals surface area contributed by atoms with Crippen LogP contribution in [0.2, 0.25) is 0 Å². The second-order valence-electron chi connectivity index (χ2n) is 6.73. The Kier molecular flexibility index (Phi) is 4.43. The Bertz CT molecular complexity index is 900. The van der Waals surface area contributed by atoms with Gasteiger partial charge in [-0.3, -0.25) is 9.59 Å². The van der Waals surface area contributed by atoms with E-state index >= 15 is 0 Å². The third-order valence-corrected chi connectivity index (χ3v) is 5.11. The number of benzene rings is 2. The maximum absolute atomic E-state index is 13.8. The molecule has 140 valence electrons. The van der Waals surface area contributed by atoms with Crippen LogP contribution in [0.3, 0.4) is 0 Å². The quantitative estimate of drug-likeness (QED) is 0.893. The fourth-order valence-electron chi connectivity index (χ4n) is 3.66. The fraction of sp³-hybridized carbons (Fsp3) is 0.300. The molecule has 2 aromatic rings. The van der Waals surface area contributed by atoms with E-state index in [0.29, 0.717) is 17.1 Å². The molecule has 0 saturated carbocycles. The van der Waals surface area contributed by atoms with Gasteiger partial charge in [0.25, 0.3) is 0 Å². The second-order valence-corrected chi connectivity index (χ2v) is 6.73. The Balaban J connectivity index is 1.54. The van der Waals surface area contributed by atoms with Crippen molar-refractivity contribution in [1.82, 2.24) is 4.90 Å². The number of ether oxygens (including phenoxy) is 2. The van der Waals surface area contributed by atoms with E-state index in [1.165, 1.54) is 11.0 Å². The molecule has 2 aromatic carbocycles. The molecule has 7 heteroatoms. The molecule has 1 fully saturated rings. The van der Waals surface area contributed by atoms with Gasteiger partial charge in [-0.25, -0.2) is 4.39 Å². The van der Waals surface area contributed by atoms with Crippen LogP contribution in [0.25, 0.3) is 0 Å². The Morgan fingerprint density at radius 1 is 1.11 bits per heavy atom. The van der Waals surface area contributed by atoms with Crippen molar-refractivity contribution in [1.29, 1.82) is 0 Å². The zero-order valence-corrected chi connectivity index (χ0v) is 14.4. The molecule has 2 aliphatic rings. The van der Waals surface area contributed by atoms with Crippen LogP contribution in [0.5, 0.6) is 11.5 Å². The van der Waals surface area contributed by atoms with Crippen molar-refractivity contribution in [3.05, 3.63) is 59.4 Å². The van der Waals surface area contributed by atoms with E-state index in [4.69, 9.17) is 9.47 Å². The van der Waals surface area contributed by atoms with Gasteiger partial charge in [0, 0.05) is 19.0 Å². The molecule has 0 aromatic heterocycles. The van der Waals surface area contributed by atoms with Gasteiger partial charge in [-0.15, -0.1) is 0 Å². The lowest BCUT2D eigenvalue weighted by Crippen LogP contribution is -2.31. The molecule has 4 rings (SSSR count). The van der Waals surface area contributed by atoms with Crippen LogP contribution in [0.4, 0.5) is 4.39 Å². The van der Waals surface area contributed by atoms with Gasteiger partial charge >= 0.3 is 5.97 Å². The van der Waals surface area contributed by atoms with Crippen LogP contribution in [-0.4, -0.2) is 41.8 Å². The van der Waals surface area contributed by atoms with Gasteiger partial charge in [-0.1, -0.05) is 24.3 Å². The van der Waals surface area contributed by atoms with Crippen molar-refractivity contribution in [3.8, 4) is 11.5 Å². The number of carboxylic acids is 1. The zero-order chi connectivity index (χ0) is 19.0. The summed E-state index contributed by atoms with van der Waals surface area (Å²) >= 11 is 0. The number of hydrogen-bond donors (Lipinski definition) is 1. The van der Waals surface area contributed by atoms with E-state index in [0.717, 1.165) is 5.56 Å². The Hall–Kier alpha value is -3.09. The largest absolute Gasteiger partial charge is 0.481 e. The summed E-state index contributed by atoms with van der Waals surface area (Å²) < 4.78 is 24.5. The molecule has 0 bridgehead atoms. The predicted molar refractivity (Wildman–Crippen MR) is 93.1 cm³/mol. The maximum atomic E-state index is 13.8. The minimum Gasteiger partial charge on any atom is -0.481 e. The first-order valence-electron chi connectivity index (χ1n) is 8.66. The van der Waals surface area contributed by atoms with E-state index in [1.807, 2.05) is 0 Å². The van der Waals surface area contributed by atoms with Crippen LogP contribution in [-0.2, 0) is 16.0 Å². The fourth-order valence-corrected chi connectivity index (χ4v) is 3.66. The Labute approximate surface area is 155 Å². The highest BCUT2D eigenvalue weighted by molar-refractivity contribution is 5.81. The molecule has 1 N–H and O–H groups in total. The SMILES string of the molecule is O=C(O)[C@@H]1CN(C(=O)Cc2ccccc2F)C[C@H]1c1ccc2c(c1)OCO2. The third-order valence-electron chi connectivity index (χ3n) is 5.11. The molecule has 6 nitrogen and oxygen atoms in total. The standard InChI is InChI=1S/C20H18FNO5/c21-16-4-2-1-3-13(16)8-19(23)22-9-14(15(10-22)20(24)25)12-5-6-17-18(7-12)27-11-26-17/h1-7,14-15H,8-11H2,(H,24,25)/t14-,15+/m0/s1. The van der Waals surface area contributed by atoms with Crippen LogP contribution in [0, 0.1) is 11.7 Å². The van der Waals surface area contributed by atoms with Gasteiger partial charge in [0.1, 0.15) is 5.82 Å². The molecular formula is C20H18FNO5. The van der Waals surface area contributed by atoms with Gasteiger partial charge in [0.2, 0.25) is 12.7 Å². The summed E-state index contributed by atoms with van der Waals surface area (Å²) in [5.74, 6) is -1.57. The lowest BCUT2D eigenvalue weighted by molar-refractivity contribution is -0.141. The van der Waals surface area contributed by atoms with E-state index in [9.17, 15) is 19.1 Å². The van der Waals surface area contributed by atoms with Crippen LogP contribution in [0.1, 0.15) is 17.0 Å². The van der Waals surface area contributed by atoms with Crippen LogP contribution < -0.4 is 9.47 Å². The molecule has 2 atom stereocenters. The smallest absolute Gasteiger partial charge is 0.308 e. The summed E-state index contributed by atoms with van der Waals surface area (Å²) in [5.41, 5.74) is 1.09. The summed E-state index contributed by atoms with van der Waals surface area (Å²) in [7, 11) is 0. The van der Waals surface area contributed by atoms with Gasteiger partial charge in [0.15, 0.2) is 11.5 Å². The highest BCUT2D eigenvalue weighted by atomic mass is 19.1. The van der Waals surface area contributed by atoms with Crippen molar-refractivity contribution in [2.75, 3.05) is 19.9 Å². The van der Waals surface area contributed by atoms with Gasteiger partial charge in [0.05, 0.1) is 12.3 Å². The summed E-state index contributed by atoms with van der Waals surface area (Å²) in [5, 5.41) is 9.62. The molecule has 2 aliphatic heterocycles. The first kappa shape index (κ1) is 17.3. The number of halogens is 1. The lowest BCUT2D eigenvalue weighted by Gasteiger charge is -2.17. The summed E-state index contributed by atoms with van der Waals surface area (Å²) in [6.07, 6.45) is -0.0904. The van der Waals surface area contributed by atoms with Gasteiger partial charge in [-0.05, 0) is 29.3 Å². The minimum atomic E-state index is -0.959. The molecule has 1 amide bonds. The molecule has 0 radical (unpaired) electrons. The maximum Gasteiger partial charge on any atom is 0.308 e. The number of hydrogen-bond acceptors (Lipinski definition) is 4. The van der Waals surface area contributed by atoms with E-state index < -0.39 is 17.7 Å². The molecular weight excluding hydrogens is 353 g/mol. The second kappa shape index (κ2) is 6.90. The lowest BCUT2D eigenvalue weighted by atomic mass is 9.89. The number of likely N-dealkylation sites (tertiary alicyclic amines) is 1. The molecule has 27 heavy (non-hydrogen) atoms. The number of rotatable bonds is 4. The summed E-state index contributed by atoms with van der Waals surface area (Å²) in [6, 6.07) is 11.4.